The van der Waals surface area contributed by atoms with Crippen molar-refractivity contribution in [1.82, 2.24) is 9.78 Å². The van der Waals surface area contributed by atoms with Gasteiger partial charge in [-0.1, -0.05) is 0 Å². The van der Waals surface area contributed by atoms with E-state index < -0.39 is 5.82 Å². The van der Waals surface area contributed by atoms with Crippen molar-refractivity contribution in [3.8, 4) is 6.07 Å². The minimum Gasteiger partial charge on any atom is -0.377 e. The lowest BCUT2D eigenvalue weighted by Crippen LogP contribution is -2.22. The molecule has 0 spiro atoms. The number of benzene rings is 1. The van der Waals surface area contributed by atoms with Gasteiger partial charge in [0.2, 0.25) is 0 Å². The van der Waals surface area contributed by atoms with Crippen LogP contribution < -0.4 is 5.32 Å². The molecule has 4 nitrogen and oxygen atoms in total. The number of hydrogen-bond acceptors (Lipinski definition) is 3. The van der Waals surface area contributed by atoms with E-state index in [0.717, 1.165) is 11.3 Å². The van der Waals surface area contributed by atoms with Gasteiger partial charge in [-0.2, -0.15) is 10.4 Å². The van der Waals surface area contributed by atoms with Crippen molar-refractivity contribution in [3.63, 3.8) is 0 Å². The molecular weight excluding hydrogens is 279 g/mol. The zero-order valence-corrected chi connectivity index (χ0v) is 13.6. The second-order valence-electron chi connectivity index (χ2n) is 6.45. The highest BCUT2D eigenvalue weighted by atomic mass is 19.1. The highest BCUT2D eigenvalue weighted by molar-refractivity contribution is 5.58. The largest absolute Gasteiger partial charge is 0.377 e. The lowest BCUT2D eigenvalue weighted by molar-refractivity contribution is 0.354. The lowest BCUT2D eigenvalue weighted by atomic mass is 10.1. The second kappa shape index (κ2) is 5.80. The first kappa shape index (κ1) is 16.0. The van der Waals surface area contributed by atoms with Crippen molar-refractivity contribution in [3.05, 3.63) is 47.0 Å². The molecule has 1 heterocycles. The van der Waals surface area contributed by atoms with Crippen LogP contribution in [0.1, 0.15) is 50.6 Å². The molecule has 1 atom stereocenters. The van der Waals surface area contributed by atoms with Crippen LogP contribution in [0.4, 0.5) is 10.1 Å². The molecule has 22 heavy (non-hydrogen) atoms. The van der Waals surface area contributed by atoms with E-state index in [0.29, 0.717) is 11.3 Å². The average Bonchev–Trinajstić information content (AvgIpc) is 2.83. The summed E-state index contributed by atoms with van der Waals surface area (Å²) in [5, 5.41) is 16.9. The molecule has 0 amide bonds. The Bertz CT molecular complexity index is 719. The summed E-state index contributed by atoms with van der Waals surface area (Å²) in [6, 6.07) is 6.16. The van der Waals surface area contributed by atoms with Crippen LogP contribution in [0.5, 0.6) is 0 Å². The SMILES string of the molecule is Cc1nn(C(C)(C)C)cc1C(C)Nc1ccc(F)cc1C#N. The molecule has 116 valence electrons. The number of aryl methyl sites for hydroxylation is 1. The maximum atomic E-state index is 13.2. The van der Waals surface area contributed by atoms with Crippen LogP contribution in [-0.4, -0.2) is 9.78 Å². The van der Waals surface area contributed by atoms with E-state index in [1.807, 2.05) is 30.8 Å². The molecule has 0 radical (unpaired) electrons. The predicted molar refractivity (Wildman–Crippen MR) is 85.1 cm³/mol. The van der Waals surface area contributed by atoms with Gasteiger partial charge in [-0.05, 0) is 52.8 Å². The first-order chi connectivity index (χ1) is 10.2. The van der Waals surface area contributed by atoms with E-state index in [9.17, 15) is 4.39 Å². The molecule has 1 aromatic carbocycles. The summed E-state index contributed by atoms with van der Waals surface area (Å²) < 4.78 is 15.1. The summed E-state index contributed by atoms with van der Waals surface area (Å²) in [5.41, 5.74) is 2.84. The minimum atomic E-state index is -0.411. The standard InChI is InChI=1S/C17H21FN4/c1-11(15-10-22(17(3,4)5)21-12(15)2)20-16-7-6-14(18)8-13(16)9-19/h6-8,10-11,20H,1-5H3. The van der Waals surface area contributed by atoms with E-state index in [2.05, 4.69) is 31.2 Å². The maximum Gasteiger partial charge on any atom is 0.124 e. The first-order valence-electron chi connectivity index (χ1n) is 7.25. The molecule has 2 aromatic rings. The Kier molecular flexibility index (Phi) is 4.23. The first-order valence-corrected chi connectivity index (χ1v) is 7.25. The normalized spacial score (nSPS) is 12.8. The van der Waals surface area contributed by atoms with Gasteiger partial charge >= 0.3 is 0 Å². The Morgan fingerprint density at radius 2 is 2.05 bits per heavy atom. The molecule has 0 saturated carbocycles. The summed E-state index contributed by atoms with van der Waals surface area (Å²) in [6.07, 6.45) is 2.02. The molecular formula is C17H21FN4. The van der Waals surface area contributed by atoms with Gasteiger partial charge in [0.05, 0.1) is 28.5 Å². The molecule has 0 aliphatic heterocycles. The monoisotopic (exact) mass is 300 g/mol. The Morgan fingerprint density at radius 3 is 2.59 bits per heavy atom. The zero-order valence-electron chi connectivity index (χ0n) is 13.6. The van der Waals surface area contributed by atoms with Gasteiger partial charge in [-0.15, -0.1) is 0 Å². The number of rotatable bonds is 3. The third kappa shape index (κ3) is 3.28. The average molecular weight is 300 g/mol. The van der Waals surface area contributed by atoms with E-state index >= 15 is 0 Å². The number of nitrogens with one attached hydrogen (secondary N) is 1. The fourth-order valence-electron chi connectivity index (χ4n) is 2.29. The fraction of sp³-hybridized carbons (Fsp3) is 0.412. The Morgan fingerprint density at radius 1 is 1.36 bits per heavy atom. The van der Waals surface area contributed by atoms with Gasteiger partial charge in [0.15, 0.2) is 0 Å². The van der Waals surface area contributed by atoms with E-state index in [-0.39, 0.29) is 11.6 Å². The van der Waals surface area contributed by atoms with Crippen molar-refractivity contribution in [2.45, 2.75) is 46.2 Å². The van der Waals surface area contributed by atoms with Crippen LogP contribution in [0, 0.1) is 24.1 Å². The predicted octanol–water partition coefficient (Wildman–Crippen LogP) is 4.13. The third-order valence-corrected chi connectivity index (χ3v) is 3.56. The van der Waals surface area contributed by atoms with Gasteiger partial charge in [0.25, 0.3) is 0 Å². The molecule has 0 aliphatic rings. The van der Waals surface area contributed by atoms with Crippen LogP contribution in [-0.2, 0) is 5.54 Å². The molecule has 0 fully saturated rings. The highest BCUT2D eigenvalue weighted by Gasteiger charge is 2.19. The molecule has 5 heteroatoms. The highest BCUT2D eigenvalue weighted by Crippen LogP contribution is 2.26. The topological polar surface area (TPSA) is 53.6 Å². The summed E-state index contributed by atoms with van der Waals surface area (Å²) >= 11 is 0. The van der Waals surface area contributed by atoms with E-state index in [1.54, 1.807) is 6.07 Å². The number of halogens is 1. The van der Waals surface area contributed by atoms with Crippen molar-refractivity contribution < 1.29 is 4.39 Å². The van der Waals surface area contributed by atoms with Crippen LogP contribution in [0.3, 0.4) is 0 Å². The van der Waals surface area contributed by atoms with Gasteiger partial charge < -0.3 is 5.32 Å². The number of nitrogens with zero attached hydrogens (tertiary/aromatic N) is 3. The van der Waals surface area contributed by atoms with Crippen molar-refractivity contribution >= 4 is 5.69 Å². The number of aromatic nitrogens is 2. The fourth-order valence-corrected chi connectivity index (χ4v) is 2.29. The summed E-state index contributed by atoms with van der Waals surface area (Å²) in [7, 11) is 0. The second-order valence-corrected chi connectivity index (χ2v) is 6.45. The number of anilines is 1. The summed E-state index contributed by atoms with van der Waals surface area (Å²) in [5.74, 6) is -0.411. The molecule has 1 N–H and O–H groups in total. The van der Waals surface area contributed by atoms with Crippen LogP contribution in [0.2, 0.25) is 0 Å². The van der Waals surface area contributed by atoms with Crippen LogP contribution in [0.25, 0.3) is 0 Å². The van der Waals surface area contributed by atoms with Gasteiger partial charge in [0, 0.05) is 11.8 Å². The van der Waals surface area contributed by atoms with Gasteiger partial charge in [-0.3, -0.25) is 4.68 Å². The molecule has 0 bridgehead atoms. The molecule has 1 aromatic heterocycles. The molecule has 2 rings (SSSR count). The van der Waals surface area contributed by atoms with Crippen molar-refractivity contribution in [1.29, 1.82) is 5.26 Å². The van der Waals surface area contributed by atoms with Crippen LogP contribution in [0.15, 0.2) is 24.4 Å². The molecule has 0 aliphatic carbocycles. The smallest absolute Gasteiger partial charge is 0.124 e. The Labute approximate surface area is 130 Å². The van der Waals surface area contributed by atoms with Crippen molar-refractivity contribution in [2.24, 2.45) is 0 Å². The number of hydrogen-bond donors (Lipinski definition) is 1. The quantitative estimate of drug-likeness (QED) is 0.927. The van der Waals surface area contributed by atoms with Crippen LogP contribution >= 0.6 is 0 Å². The summed E-state index contributed by atoms with van der Waals surface area (Å²) in [4.78, 5) is 0. The maximum absolute atomic E-state index is 13.2. The number of nitriles is 1. The Balaban J connectivity index is 2.29. The zero-order chi connectivity index (χ0) is 16.5. The summed E-state index contributed by atoms with van der Waals surface area (Å²) in [6.45, 7) is 10.2. The van der Waals surface area contributed by atoms with E-state index in [1.165, 1.54) is 12.1 Å². The minimum absolute atomic E-state index is 0.0336. The third-order valence-electron chi connectivity index (χ3n) is 3.56. The van der Waals surface area contributed by atoms with E-state index in [4.69, 9.17) is 5.26 Å². The Hall–Kier alpha value is -2.35. The van der Waals surface area contributed by atoms with Gasteiger partial charge in [-0.25, -0.2) is 4.39 Å². The van der Waals surface area contributed by atoms with Gasteiger partial charge in [0.1, 0.15) is 11.9 Å². The lowest BCUT2D eigenvalue weighted by Gasteiger charge is -2.19. The molecule has 1 unspecified atom stereocenters. The van der Waals surface area contributed by atoms with Crippen molar-refractivity contribution in [2.75, 3.05) is 5.32 Å². The molecule has 0 saturated heterocycles.